The van der Waals surface area contributed by atoms with Gasteiger partial charge in [-0.25, -0.2) is 14.6 Å². The summed E-state index contributed by atoms with van der Waals surface area (Å²) in [6.45, 7) is 0.442. The minimum Gasteiger partial charge on any atom is -0.496 e. The SMILES string of the molecule is COc1ccc(-c2nc(SC)[nH]c(=O)c2C#N)cc1Cn1cncn1. The minimum absolute atomic E-state index is 0.0188. The highest BCUT2D eigenvalue weighted by Crippen LogP contribution is 2.28. The number of aromatic nitrogens is 5. The number of thioether (sulfide) groups is 1. The van der Waals surface area contributed by atoms with Crippen LogP contribution in [-0.2, 0) is 6.54 Å². The highest BCUT2D eigenvalue weighted by atomic mass is 32.2. The number of rotatable bonds is 5. The molecule has 3 aromatic rings. The Bertz CT molecular complexity index is 991. The van der Waals surface area contributed by atoms with Crippen molar-refractivity contribution in [1.82, 2.24) is 24.7 Å². The molecule has 0 amide bonds. The van der Waals surface area contributed by atoms with E-state index in [0.29, 0.717) is 28.7 Å². The van der Waals surface area contributed by atoms with E-state index in [1.807, 2.05) is 12.1 Å². The predicted octanol–water partition coefficient (Wildman–Crippen LogP) is 1.68. The van der Waals surface area contributed by atoms with Gasteiger partial charge in [0.1, 0.15) is 30.0 Å². The molecule has 3 rings (SSSR count). The van der Waals surface area contributed by atoms with Crippen molar-refractivity contribution in [2.45, 2.75) is 11.7 Å². The zero-order chi connectivity index (χ0) is 17.8. The van der Waals surface area contributed by atoms with E-state index in [0.717, 1.165) is 5.56 Å². The second-order valence-corrected chi connectivity index (χ2v) is 5.83. The molecule has 0 aliphatic carbocycles. The van der Waals surface area contributed by atoms with Crippen molar-refractivity contribution in [2.75, 3.05) is 13.4 Å². The summed E-state index contributed by atoms with van der Waals surface area (Å²) in [5.41, 5.74) is 1.37. The quantitative estimate of drug-likeness (QED) is 0.548. The zero-order valence-corrected chi connectivity index (χ0v) is 14.4. The number of nitrogens with zero attached hydrogens (tertiary/aromatic N) is 5. The predicted molar refractivity (Wildman–Crippen MR) is 92.5 cm³/mol. The number of H-pyrrole nitrogens is 1. The summed E-state index contributed by atoms with van der Waals surface area (Å²) in [7, 11) is 1.58. The van der Waals surface area contributed by atoms with Crippen LogP contribution in [0.25, 0.3) is 11.3 Å². The van der Waals surface area contributed by atoms with Crippen molar-refractivity contribution in [3.8, 4) is 23.1 Å². The molecule has 0 unspecified atom stereocenters. The summed E-state index contributed by atoms with van der Waals surface area (Å²) >= 11 is 1.30. The maximum Gasteiger partial charge on any atom is 0.270 e. The number of aromatic amines is 1. The van der Waals surface area contributed by atoms with Crippen molar-refractivity contribution in [1.29, 1.82) is 5.26 Å². The highest BCUT2D eigenvalue weighted by Gasteiger charge is 2.15. The van der Waals surface area contributed by atoms with Crippen LogP contribution in [0.2, 0.25) is 0 Å². The first kappa shape index (κ1) is 16.7. The Morgan fingerprint density at radius 1 is 1.44 bits per heavy atom. The van der Waals surface area contributed by atoms with Gasteiger partial charge in [0.25, 0.3) is 5.56 Å². The normalized spacial score (nSPS) is 10.4. The number of benzene rings is 1. The van der Waals surface area contributed by atoms with Crippen molar-refractivity contribution in [3.05, 3.63) is 52.3 Å². The average Bonchev–Trinajstić information content (AvgIpc) is 3.14. The van der Waals surface area contributed by atoms with Gasteiger partial charge in [0, 0.05) is 11.1 Å². The Balaban J connectivity index is 2.14. The van der Waals surface area contributed by atoms with Crippen LogP contribution in [0.1, 0.15) is 11.1 Å². The third-order valence-electron chi connectivity index (χ3n) is 3.56. The minimum atomic E-state index is -0.453. The monoisotopic (exact) mass is 354 g/mol. The third-order valence-corrected chi connectivity index (χ3v) is 4.14. The fourth-order valence-electron chi connectivity index (χ4n) is 2.40. The Morgan fingerprint density at radius 2 is 2.28 bits per heavy atom. The fourth-order valence-corrected chi connectivity index (χ4v) is 2.78. The lowest BCUT2D eigenvalue weighted by molar-refractivity contribution is 0.407. The van der Waals surface area contributed by atoms with Crippen molar-refractivity contribution >= 4 is 11.8 Å². The van der Waals surface area contributed by atoms with E-state index in [1.165, 1.54) is 18.1 Å². The molecule has 9 heteroatoms. The lowest BCUT2D eigenvalue weighted by Gasteiger charge is -2.11. The van der Waals surface area contributed by atoms with Crippen LogP contribution >= 0.6 is 11.8 Å². The van der Waals surface area contributed by atoms with Gasteiger partial charge >= 0.3 is 0 Å². The van der Waals surface area contributed by atoms with Gasteiger partial charge < -0.3 is 9.72 Å². The van der Waals surface area contributed by atoms with Crippen LogP contribution < -0.4 is 10.3 Å². The standard InChI is InChI=1S/C16H14N6O2S/c1-24-13-4-3-10(5-11(13)7-22-9-18-8-19-22)14-12(6-17)15(23)21-16(20-14)25-2/h3-5,8-9H,7H2,1-2H3,(H,20,21,23). The van der Waals surface area contributed by atoms with Crippen LogP contribution in [0.15, 0.2) is 40.8 Å². The van der Waals surface area contributed by atoms with Gasteiger partial charge in [-0.05, 0) is 24.5 Å². The number of ether oxygens (including phenoxy) is 1. The molecule has 2 heterocycles. The lowest BCUT2D eigenvalue weighted by atomic mass is 10.0. The van der Waals surface area contributed by atoms with Gasteiger partial charge in [0.05, 0.1) is 19.3 Å². The fraction of sp³-hybridized carbons (Fsp3) is 0.188. The lowest BCUT2D eigenvalue weighted by Crippen LogP contribution is -2.14. The Kier molecular flexibility index (Phi) is 4.81. The maximum absolute atomic E-state index is 12.1. The van der Waals surface area contributed by atoms with E-state index in [1.54, 1.807) is 36.5 Å². The Hall–Kier alpha value is -3.12. The molecule has 0 atom stereocenters. The first-order valence-corrected chi connectivity index (χ1v) is 8.47. The number of nitrogens with one attached hydrogen (secondary N) is 1. The molecule has 0 radical (unpaired) electrons. The van der Waals surface area contributed by atoms with E-state index < -0.39 is 5.56 Å². The smallest absolute Gasteiger partial charge is 0.270 e. The first-order chi connectivity index (χ1) is 12.2. The molecule has 0 bridgehead atoms. The molecule has 0 spiro atoms. The van der Waals surface area contributed by atoms with E-state index in [4.69, 9.17) is 4.74 Å². The summed E-state index contributed by atoms with van der Waals surface area (Å²) in [6.07, 6.45) is 4.86. The van der Waals surface area contributed by atoms with Crippen LogP contribution in [-0.4, -0.2) is 38.1 Å². The summed E-state index contributed by atoms with van der Waals surface area (Å²) in [5, 5.41) is 13.9. The number of nitriles is 1. The van der Waals surface area contributed by atoms with Gasteiger partial charge in [0.15, 0.2) is 5.16 Å². The first-order valence-electron chi connectivity index (χ1n) is 7.24. The number of hydrogen-bond acceptors (Lipinski definition) is 7. The maximum atomic E-state index is 12.1. The summed E-state index contributed by atoms with van der Waals surface area (Å²) < 4.78 is 7.05. The zero-order valence-electron chi connectivity index (χ0n) is 13.6. The van der Waals surface area contributed by atoms with Crippen LogP contribution in [0.5, 0.6) is 5.75 Å². The summed E-state index contributed by atoms with van der Waals surface area (Å²) in [6, 6.07) is 7.33. The molecule has 1 N–H and O–H groups in total. The molecule has 126 valence electrons. The molecule has 0 fully saturated rings. The van der Waals surface area contributed by atoms with E-state index in [-0.39, 0.29) is 5.56 Å². The molecule has 2 aromatic heterocycles. The van der Waals surface area contributed by atoms with Crippen LogP contribution in [0, 0.1) is 11.3 Å². The van der Waals surface area contributed by atoms with Crippen LogP contribution in [0.4, 0.5) is 0 Å². The summed E-state index contributed by atoms with van der Waals surface area (Å²) in [4.78, 5) is 23.0. The van der Waals surface area contributed by atoms with Gasteiger partial charge in [-0.2, -0.15) is 10.4 Å². The van der Waals surface area contributed by atoms with Crippen molar-refractivity contribution < 1.29 is 4.74 Å². The van der Waals surface area contributed by atoms with Gasteiger partial charge in [0.2, 0.25) is 0 Å². The van der Waals surface area contributed by atoms with Crippen molar-refractivity contribution in [3.63, 3.8) is 0 Å². The van der Waals surface area contributed by atoms with E-state index in [9.17, 15) is 10.1 Å². The molecule has 0 aliphatic rings. The molecular formula is C16H14N6O2S. The number of hydrogen-bond donors (Lipinski definition) is 1. The molecule has 0 saturated carbocycles. The third kappa shape index (κ3) is 3.39. The van der Waals surface area contributed by atoms with Gasteiger partial charge in [-0.3, -0.25) is 4.79 Å². The number of methoxy groups -OCH3 is 1. The molecular weight excluding hydrogens is 340 g/mol. The van der Waals surface area contributed by atoms with E-state index in [2.05, 4.69) is 20.1 Å². The molecule has 0 saturated heterocycles. The summed E-state index contributed by atoms with van der Waals surface area (Å²) in [5.74, 6) is 0.674. The topological polar surface area (TPSA) is 109 Å². The molecule has 0 aliphatic heterocycles. The Morgan fingerprint density at radius 3 is 2.92 bits per heavy atom. The highest BCUT2D eigenvalue weighted by molar-refractivity contribution is 7.98. The van der Waals surface area contributed by atoms with Gasteiger partial charge in [-0.1, -0.05) is 11.8 Å². The molecule has 1 aromatic carbocycles. The average molecular weight is 354 g/mol. The second-order valence-electron chi connectivity index (χ2n) is 5.03. The van der Waals surface area contributed by atoms with Crippen LogP contribution in [0.3, 0.4) is 0 Å². The van der Waals surface area contributed by atoms with Gasteiger partial charge in [-0.15, -0.1) is 0 Å². The largest absolute Gasteiger partial charge is 0.496 e. The molecule has 8 nitrogen and oxygen atoms in total. The Labute approximate surface area is 147 Å². The molecule has 25 heavy (non-hydrogen) atoms. The van der Waals surface area contributed by atoms with Crippen molar-refractivity contribution in [2.24, 2.45) is 0 Å². The second kappa shape index (κ2) is 7.19. The van der Waals surface area contributed by atoms with E-state index >= 15 is 0 Å².